The first-order valence-corrected chi connectivity index (χ1v) is 5.96. The van der Waals surface area contributed by atoms with Crippen LogP contribution in [0.2, 0.25) is 0 Å². The van der Waals surface area contributed by atoms with Gasteiger partial charge in [0.1, 0.15) is 10.7 Å². The predicted octanol–water partition coefficient (Wildman–Crippen LogP) is 3.09. The highest BCUT2D eigenvalue weighted by molar-refractivity contribution is 7.80. The number of thiocarbonyl (C=S) groups is 1. The third kappa shape index (κ3) is 2.79. The van der Waals surface area contributed by atoms with Gasteiger partial charge < -0.3 is 9.32 Å². The lowest BCUT2D eigenvalue weighted by Crippen LogP contribution is -2.19. The van der Waals surface area contributed by atoms with Gasteiger partial charge in [-0.3, -0.25) is 10.1 Å². The molecule has 0 unspecified atom stereocenters. The maximum atomic E-state index is 10.6. The first-order valence-electron chi connectivity index (χ1n) is 5.55. The molecule has 0 N–H and O–H groups in total. The molecule has 0 bridgehead atoms. The molecule has 2 rings (SSSR count). The number of nitro benzene ring substituents is 1. The highest BCUT2D eigenvalue weighted by Gasteiger charge is 2.11. The lowest BCUT2D eigenvalue weighted by Gasteiger charge is -2.10. The second kappa shape index (κ2) is 5.19. The smallest absolute Gasteiger partial charge is 0.269 e. The zero-order valence-corrected chi connectivity index (χ0v) is 11.3. The van der Waals surface area contributed by atoms with Crippen LogP contribution in [0.3, 0.4) is 0 Å². The number of rotatable bonds is 3. The van der Waals surface area contributed by atoms with E-state index in [-0.39, 0.29) is 5.69 Å². The first kappa shape index (κ1) is 13.2. The number of furan rings is 1. The van der Waals surface area contributed by atoms with E-state index in [1.165, 1.54) is 12.1 Å². The highest BCUT2D eigenvalue weighted by atomic mass is 32.1. The molecule has 5 nitrogen and oxygen atoms in total. The minimum atomic E-state index is -0.432. The first-order chi connectivity index (χ1) is 8.99. The van der Waals surface area contributed by atoms with Gasteiger partial charge >= 0.3 is 0 Å². The Morgan fingerprint density at radius 3 is 2.37 bits per heavy atom. The molecule has 0 fully saturated rings. The minimum absolute atomic E-state index is 0.0549. The Morgan fingerprint density at radius 2 is 1.84 bits per heavy atom. The Balaban J connectivity index is 2.28. The van der Waals surface area contributed by atoms with Gasteiger partial charge in [0.15, 0.2) is 5.76 Å². The molecule has 1 aromatic carbocycles. The summed E-state index contributed by atoms with van der Waals surface area (Å²) in [6.07, 6.45) is 0. The molecule has 1 aromatic heterocycles. The van der Waals surface area contributed by atoms with Crippen LogP contribution >= 0.6 is 12.2 Å². The van der Waals surface area contributed by atoms with Crippen molar-refractivity contribution in [2.45, 2.75) is 0 Å². The van der Waals surface area contributed by atoms with Crippen LogP contribution in [0.15, 0.2) is 40.8 Å². The van der Waals surface area contributed by atoms with Gasteiger partial charge in [-0.25, -0.2) is 0 Å². The number of benzene rings is 1. The Hall–Kier alpha value is -2.21. The van der Waals surface area contributed by atoms with Crippen molar-refractivity contribution in [1.82, 2.24) is 4.90 Å². The zero-order valence-electron chi connectivity index (χ0n) is 10.5. The van der Waals surface area contributed by atoms with Crippen LogP contribution in [0.5, 0.6) is 0 Å². The van der Waals surface area contributed by atoms with E-state index in [1.807, 2.05) is 14.1 Å². The summed E-state index contributed by atoms with van der Waals surface area (Å²) in [5, 5.41) is 10.6. The van der Waals surface area contributed by atoms with E-state index >= 15 is 0 Å². The average Bonchev–Trinajstić information content (AvgIpc) is 2.87. The van der Waals surface area contributed by atoms with Crippen LogP contribution in [0.4, 0.5) is 5.69 Å². The molecule has 1 heterocycles. The van der Waals surface area contributed by atoms with Crippen molar-refractivity contribution in [1.29, 1.82) is 0 Å². The van der Waals surface area contributed by atoms with Gasteiger partial charge in [0, 0.05) is 31.8 Å². The molecular formula is C13H12N2O3S. The van der Waals surface area contributed by atoms with E-state index < -0.39 is 4.92 Å². The number of nitro groups is 1. The topological polar surface area (TPSA) is 59.5 Å². The summed E-state index contributed by atoms with van der Waals surface area (Å²) >= 11 is 5.21. The van der Waals surface area contributed by atoms with E-state index in [4.69, 9.17) is 16.6 Å². The Morgan fingerprint density at radius 1 is 1.21 bits per heavy atom. The number of non-ortho nitro benzene ring substituents is 1. The van der Waals surface area contributed by atoms with Gasteiger partial charge in [-0.05, 0) is 24.3 Å². The highest BCUT2D eigenvalue weighted by Crippen LogP contribution is 2.25. The summed E-state index contributed by atoms with van der Waals surface area (Å²) in [6.45, 7) is 0. The van der Waals surface area contributed by atoms with E-state index in [2.05, 4.69) is 0 Å². The third-order valence-corrected chi connectivity index (χ3v) is 3.15. The SMILES string of the molecule is CN(C)C(=S)c1ccc(-c2ccc([N+](=O)[O-])cc2)o1. The molecule has 0 aliphatic heterocycles. The summed E-state index contributed by atoms with van der Waals surface area (Å²) < 4.78 is 5.64. The van der Waals surface area contributed by atoms with Gasteiger partial charge in [-0.1, -0.05) is 12.2 Å². The monoisotopic (exact) mass is 276 g/mol. The minimum Gasteiger partial charge on any atom is -0.454 e. The van der Waals surface area contributed by atoms with Crippen molar-refractivity contribution < 1.29 is 9.34 Å². The number of nitrogens with zero attached hydrogens (tertiary/aromatic N) is 2. The predicted molar refractivity (Wildman–Crippen MR) is 76.2 cm³/mol. The van der Waals surface area contributed by atoms with E-state index in [0.717, 1.165) is 5.56 Å². The molecule has 19 heavy (non-hydrogen) atoms. The Bertz CT molecular complexity index is 617. The van der Waals surface area contributed by atoms with Crippen LogP contribution in [-0.4, -0.2) is 28.9 Å². The summed E-state index contributed by atoms with van der Waals surface area (Å²) in [4.78, 5) is 12.5. The lowest BCUT2D eigenvalue weighted by molar-refractivity contribution is -0.384. The molecule has 0 aliphatic rings. The van der Waals surface area contributed by atoms with Crippen LogP contribution in [0.1, 0.15) is 5.76 Å². The maximum absolute atomic E-state index is 10.6. The fourth-order valence-corrected chi connectivity index (χ4v) is 1.69. The van der Waals surface area contributed by atoms with Crippen LogP contribution < -0.4 is 0 Å². The molecule has 0 atom stereocenters. The summed E-state index contributed by atoms with van der Waals surface area (Å²) in [5.74, 6) is 1.24. The van der Waals surface area contributed by atoms with Crippen molar-refractivity contribution in [3.8, 4) is 11.3 Å². The van der Waals surface area contributed by atoms with Crippen LogP contribution in [0, 0.1) is 10.1 Å². The largest absolute Gasteiger partial charge is 0.454 e. The van der Waals surface area contributed by atoms with Crippen molar-refractivity contribution in [3.63, 3.8) is 0 Å². The van der Waals surface area contributed by atoms with Crippen molar-refractivity contribution in [3.05, 3.63) is 52.3 Å². The van der Waals surface area contributed by atoms with Crippen LogP contribution in [-0.2, 0) is 0 Å². The fraction of sp³-hybridized carbons (Fsp3) is 0.154. The molecule has 0 saturated carbocycles. The molecule has 98 valence electrons. The molecule has 0 aliphatic carbocycles. The van der Waals surface area contributed by atoms with Gasteiger partial charge in [-0.2, -0.15) is 0 Å². The van der Waals surface area contributed by atoms with Crippen molar-refractivity contribution in [2.75, 3.05) is 14.1 Å². The summed E-state index contributed by atoms with van der Waals surface area (Å²) in [7, 11) is 3.69. The summed E-state index contributed by atoms with van der Waals surface area (Å²) in [5.41, 5.74) is 0.831. The molecule has 0 radical (unpaired) electrons. The summed E-state index contributed by atoms with van der Waals surface area (Å²) in [6, 6.07) is 9.79. The second-order valence-corrected chi connectivity index (χ2v) is 4.55. The third-order valence-electron chi connectivity index (χ3n) is 2.59. The van der Waals surface area contributed by atoms with Crippen LogP contribution in [0.25, 0.3) is 11.3 Å². The Kier molecular flexibility index (Phi) is 3.62. The van der Waals surface area contributed by atoms with E-state index in [0.29, 0.717) is 16.5 Å². The second-order valence-electron chi connectivity index (χ2n) is 4.17. The quantitative estimate of drug-likeness (QED) is 0.490. The Labute approximate surface area is 115 Å². The number of hydrogen-bond donors (Lipinski definition) is 0. The normalized spacial score (nSPS) is 10.2. The van der Waals surface area contributed by atoms with E-state index in [1.54, 1.807) is 29.2 Å². The van der Waals surface area contributed by atoms with Gasteiger partial charge in [0.05, 0.1) is 4.92 Å². The van der Waals surface area contributed by atoms with Gasteiger partial charge in [-0.15, -0.1) is 0 Å². The van der Waals surface area contributed by atoms with Crippen molar-refractivity contribution >= 4 is 22.9 Å². The maximum Gasteiger partial charge on any atom is 0.269 e. The fourth-order valence-electron chi connectivity index (χ4n) is 1.58. The molecular weight excluding hydrogens is 264 g/mol. The van der Waals surface area contributed by atoms with Gasteiger partial charge in [0.25, 0.3) is 5.69 Å². The standard InChI is InChI=1S/C13H12N2O3S/c1-14(2)13(19)12-8-7-11(18-12)9-3-5-10(6-4-9)15(16)17/h3-8H,1-2H3. The molecule has 0 saturated heterocycles. The molecule has 0 amide bonds. The molecule has 6 heteroatoms. The van der Waals surface area contributed by atoms with Crippen molar-refractivity contribution in [2.24, 2.45) is 0 Å². The molecule has 0 spiro atoms. The van der Waals surface area contributed by atoms with E-state index in [9.17, 15) is 10.1 Å². The lowest BCUT2D eigenvalue weighted by atomic mass is 10.1. The average molecular weight is 276 g/mol. The number of hydrogen-bond acceptors (Lipinski definition) is 4. The van der Waals surface area contributed by atoms with Gasteiger partial charge in [0.2, 0.25) is 0 Å². The zero-order chi connectivity index (χ0) is 14.0. The molecule has 2 aromatic rings.